The molecule has 0 radical (unpaired) electrons. The third kappa shape index (κ3) is 4.45. The SMILES string of the molecule is CC.c1ccc(-c2nc(-n3c4cc5ccccc5cc4c4cccc(-c5cccc6c5oc5ccccc56)c43)nc3c2sc2ccccc23)cc1. The number of thiophene rings is 1. The first-order valence-electron chi connectivity index (χ1n) is 17.4. The highest BCUT2D eigenvalue weighted by Crippen LogP contribution is 2.44. The van der Waals surface area contributed by atoms with E-state index in [1.165, 1.54) is 15.5 Å². The Hall–Kier alpha value is -6.30. The largest absolute Gasteiger partial charge is 0.455 e. The van der Waals surface area contributed by atoms with E-state index in [2.05, 4.69) is 144 Å². The van der Waals surface area contributed by atoms with E-state index in [9.17, 15) is 0 Å². The molecule has 7 aromatic carbocycles. The van der Waals surface area contributed by atoms with E-state index in [0.717, 1.165) is 81.7 Å². The fraction of sp³-hybridized carbons (Fsp3) is 0.0435. The maximum atomic E-state index is 6.60. The zero-order valence-electron chi connectivity index (χ0n) is 28.1. The van der Waals surface area contributed by atoms with Gasteiger partial charge in [0.05, 0.1) is 26.9 Å². The third-order valence-electron chi connectivity index (χ3n) is 9.80. The van der Waals surface area contributed by atoms with Gasteiger partial charge in [0, 0.05) is 48.3 Å². The summed E-state index contributed by atoms with van der Waals surface area (Å²) in [5.74, 6) is 0.648. The summed E-state index contributed by atoms with van der Waals surface area (Å²) in [7, 11) is 0. The van der Waals surface area contributed by atoms with E-state index in [-0.39, 0.29) is 0 Å². The Bertz CT molecular complexity index is 3110. The summed E-state index contributed by atoms with van der Waals surface area (Å²) in [6.45, 7) is 4.00. The molecule has 11 rings (SSSR count). The minimum absolute atomic E-state index is 0.648. The molecule has 0 saturated carbocycles. The number of fused-ring (bicyclic) bond motifs is 10. The van der Waals surface area contributed by atoms with E-state index in [4.69, 9.17) is 14.4 Å². The second-order valence-corrected chi connectivity index (χ2v) is 13.6. The van der Waals surface area contributed by atoms with Crippen LogP contribution in [0.15, 0.2) is 156 Å². The van der Waals surface area contributed by atoms with Crippen LogP contribution in [0.4, 0.5) is 0 Å². The molecule has 0 aliphatic rings. The van der Waals surface area contributed by atoms with Gasteiger partial charge in [-0.25, -0.2) is 9.97 Å². The minimum Gasteiger partial charge on any atom is -0.455 e. The van der Waals surface area contributed by atoms with Crippen LogP contribution in [0, 0.1) is 0 Å². The van der Waals surface area contributed by atoms with Gasteiger partial charge in [0.15, 0.2) is 0 Å². The zero-order chi connectivity index (χ0) is 34.1. The fourth-order valence-electron chi connectivity index (χ4n) is 7.61. The molecule has 4 aromatic heterocycles. The van der Waals surface area contributed by atoms with Crippen molar-refractivity contribution < 1.29 is 4.42 Å². The molecule has 0 spiro atoms. The maximum Gasteiger partial charge on any atom is 0.235 e. The molecular formula is C46H31N3OS. The van der Waals surface area contributed by atoms with Crippen LogP contribution in [0.5, 0.6) is 0 Å². The van der Waals surface area contributed by atoms with Crippen LogP contribution in [0.2, 0.25) is 0 Å². The Morgan fingerprint density at radius 3 is 2.06 bits per heavy atom. The van der Waals surface area contributed by atoms with Gasteiger partial charge >= 0.3 is 0 Å². The predicted molar refractivity (Wildman–Crippen MR) is 216 cm³/mol. The number of aromatic nitrogens is 3. The van der Waals surface area contributed by atoms with Gasteiger partial charge in [-0.2, -0.15) is 0 Å². The Kier molecular flexibility index (Phi) is 6.76. The summed E-state index contributed by atoms with van der Waals surface area (Å²) in [4.78, 5) is 10.9. The molecule has 0 unspecified atom stereocenters. The number of para-hydroxylation sites is 3. The average Bonchev–Trinajstić information content (AvgIpc) is 3.87. The molecule has 0 amide bonds. The van der Waals surface area contributed by atoms with Gasteiger partial charge in [-0.1, -0.05) is 141 Å². The highest BCUT2D eigenvalue weighted by atomic mass is 32.1. The van der Waals surface area contributed by atoms with Crippen molar-refractivity contribution in [2.45, 2.75) is 13.8 Å². The zero-order valence-corrected chi connectivity index (χ0v) is 28.9. The topological polar surface area (TPSA) is 43.9 Å². The molecule has 0 aliphatic heterocycles. The smallest absolute Gasteiger partial charge is 0.235 e. The monoisotopic (exact) mass is 673 g/mol. The summed E-state index contributed by atoms with van der Waals surface area (Å²) >= 11 is 1.75. The quantitative estimate of drug-likeness (QED) is 0.187. The highest BCUT2D eigenvalue weighted by molar-refractivity contribution is 7.26. The van der Waals surface area contributed by atoms with E-state index in [1.54, 1.807) is 11.3 Å². The molecule has 0 fully saturated rings. The van der Waals surface area contributed by atoms with Crippen LogP contribution in [0.3, 0.4) is 0 Å². The van der Waals surface area contributed by atoms with Gasteiger partial charge in [-0.15, -0.1) is 11.3 Å². The van der Waals surface area contributed by atoms with Gasteiger partial charge in [-0.3, -0.25) is 4.57 Å². The molecule has 0 aliphatic carbocycles. The van der Waals surface area contributed by atoms with Crippen LogP contribution in [0.25, 0.3) is 103 Å². The van der Waals surface area contributed by atoms with E-state index in [0.29, 0.717) is 5.95 Å². The number of hydrogen-bond donors (Lipinski definition) is 0. The first kappa shape index (κ1) is 29.6. The molecule has 4 heterocycles. The lowest BCUT2D eigenvalue weighted by molar-refractivity contribution is 0.670. The lowest BCUT2D eigenvalue weighted by atomic mass is 9.99. The van der Waals surface area contributed by atoms with Gasteiger partial charge in [0.25, 0.3) is 0 Å². The molecule has 0 bridgehead atoms. The van der Waals surface area contributed by atoms with Crippen molar-refractivity contribution in [2.24, 2.45) is 0 Å². The first-order chi connectivity index (χ1) is 25.3. The molecule has 51 heavy (non-hydrogen) atoms. The lowest BCUT2D eigenvalue weighted by Crippen LogP contribution is -2.03. The summed E-state index contributed by atoms with van der Waals surface area (Å²) in [6.07, 6.45) is 0. The third-order valence-corrected chi connectivity index (χ3v) is 11.0. The number of furan rings is 1. The molecule has 11 aromatic rings. The predicted octanol–water partition coefficient (Wildman–Crippen LogP) is 13.4. The van der Waals surface area contributed by atoms with Crippen molar-refractivity contribution >= 4 is 86.2 Å². The van der Waals surface area contributed by atoms with Crippen molar-refractivity contribution in [3.05, 3.63) is 152 Å². The van der Waals surface area contributed by atoms with Crippen LogP contribution in [-0.2, 0) is 0 Å². The van der Waals surface area contributed by atoms with Crippen LogP contribution in [0.1, 0.15) is 13.8 Å². The van der Waals surface area contributed by atoms with E-state index >= 15 is 0 Å². The Labute approximate surface area is 297 Å². The molecular weight excluding hydrogens is 643 g/mol. The summed E-state index contributed by atoms with van der Waals surface area (Å²) in [5.41, 5.74) is 8.97. The Morgan fingerprint density at radius 1 is 0.549 bits per heavy atom. The average molecular weight is 674 g/mol. The number of benzene rings is 7. The lowest BCUT2D eigenvalue weighted by Gasteiger charge is -2.13. The van der Waals surface area contributed by atoms with Crippen molar-refractivity contribution in [1.29, 1.82) is 0 Å². The molecule has 0 N–H and O–H groups in total. The van der Waals surface area contributed by atoms with Gasteiger partial charge in [-0.05, 0) is 35.0 Å². The summed E-state index contributed by atoms with van der Waals surface area (Å²) in [5, 5.41) is 8.03. The molecule has 5 heteroatoms. The molecule has 242 valence electrons. The normalized spacial score (nSPS) is 11.7. The van der Waals surface area contributed by atoms with Crippen molar-refractivity contribution in [1.82, 2.24) is 14.5 Å². The summed E-state index contributed by atoms with van der Waals surface area (Å²) in [6, 6.07) is 53.5. The van der Waals surface area contributed by atoms with E-state index in [1.807, 2.05) is 26.0 Å². The molecule has 4 nitrogen and oxygen atoms in total. The highest BCUT2D eigenvalue weighted by Gasteiger charge is 2.23. The Morgan fingerprint density at radius 2 is 1.22 bits per heavy atom. The van der Waals surface area contributed by atoms with Crippen molar-refractivity contribution in [2.75, 3.05) is 0 Å². The van der Waals surface area contributed by atoms with Crippen LogP contribution in [-0.4, -0.2) is 14.5 Å². The minimum atomic E-state index is 0.648. The van der Waals surface area contributed by atoms with Crippen LogP contribution < -0.4 is 0 Å². The Balaban J connectivity index is 0.00000161. The maximum absolute atomic E-state index is 6.60. The number of nitrogens with zero attached hydrogens (tertiary/aromatic N) is 3. The fourth-order valence-corrected chi connectivity index (χ4v) is 8.76. The van der Waals surface area contributed by atoms with E-state index < -0.39 is 0 Å². The van der Waals surface area contributed by atoms with Crippen LogP contribution >= 0.6 is 11.3 Å². The number of hydrogen-bond acceptors (Lipinski definition) is 4. The van der Waals surface area contributed by atoms with Gasteiger partial charge in [0.1, 0.15) is 11.2 Å². The molecule has 0 atom stereocenters. The number of rotatable bonds is 3. The van der Waals surface area contributed by atoms with Crippen molar-refractivity contribution in [3.8, 4) is 28.3 Å². The second-order valence-electron chi connectivity index (χ2n) is 12.5. The standard InChI is InChI=1S/C44H25N3OS.C2H6/c1-2-12-26(13-3-1)39-43-40(34-17-7-9-23-38(34)49-43)46-44(45-39)47-36-25-28-15-5-4-14-27(28)24-35(36)31-19-10-18-30(41(31)47)33-21-11-20-32-29-16-6-8-22-37(29)48-42(32)33;1-2/h1-25H;1-2H3. The second kappa shape index (κ2) is 11.7. The first-order valence-corrected chi connectivity index (χ1v) is 18.2. The molecule has 0 saturated heterocycles. The van der Waals surface area contributed by atoms with Crippen molar-refractivity contribution in [3.63, 3.8) is 0 Å². The van der Waals surface area contributed by atoms with Gasteiger partial charge in [0.2, 0.25) is 5.95 Å². The van der Waals surface area contributed by atoms with Gasteiger partial charge < -0.3 is 4.42 Å². The summed E-state index contributed by atoms with van der Waals surface area (Å²) < 4.78 is 11.2.